The molecule has 0 aliphatic rings. The number of para-hydroxylation sites is 1. The lowest BCUT2D eigenvalue weighted by molar-refractivity contribution is -0.137. The lowest BCUT2D eigenvalue weighted by Crippen LogP contribution is -2.30. The minimum atomic E-state index is -3.49. The summed E-state index contributed by atoms with van der Waals surface area (Å²) in [6, 6.07) is 6.21. The van der Waals surface area contributed by atoms with Crippen LogP contribution in [0.2, 0.25) is 0 Å². The van der Waals surface area contributed by atoms with Gasteiger partial charge in [-0.25, -0.2) is 8.42 Å². The Kier molecular flexibility index (Phi) is 5.71. The number of sulfonamides is 1. The van der Waals surface area contributed by atoms with Crippen LogP contribution in [0.4, 0.5) is 5.69 Å². The van der Waals surface area contributed by atoms with Crippen LogP contribution in [0.25, 0.3) is 0 Å². The van der Waals surface area contributed by atoms with Crippen molar-refractivity contribution in [3.63, 3.8) is 0 Å². The lowest BCUT2D eigenvalue weighted by atomic mass is 10.1. The zero-order valence-electron chi connectivity index (χ0n) is 11.9. The van der Waals surface area contributed by atoms with E-state index >= 15 is 0 Å². The summed E-state index contributed by atoms with van der Waals surface area (Å²) in [5, 5.41) is 8.62. The summed E-state index contributed by atoms with van der Waals surface area (Å²) in [6.45, 7) is 1.54. The fourth-order valence-electron chi connectivity index (χ4n) is 1.57. The van der Waals surface area contributed by atoms with Crippen molar-refractivity contribution < 1.29 is 23.1 Å². The molecule has 0 spiro atoms. The molecule has 0 saturated heterocycles. The zero-order chi connectivity index (χ0) is 16.0. The summed E-state index contributed by atoms with van der Waals surface area (Å²) < 4.78 is 25.6. The van der Waals surface area contributed by atoms with Gasteiger partial charge in [-0.15, -0.1) is 0 Å². The molecule has 8 heteroatoms. The summed E-state index contributed by atoms with van der Waals surface area (Å²) in [4.78, 5) is 24.0. The van der Waals surface area contributed by atoms with Gasteiger partial charge in [-0.2, -0.15) is 0 Å². The Morgan fingerprint density at radius 3 is 2.48 bits per heavy atom. The first-order chi connectivity index (χ1) is 9.76. The predicted molar refractivity (Wildman–Crippen MR) is 78.7 cm³/mol. The molecule has 21 heavy (non-hydrogen) atoms. The Morgan fingerprint density at radius 1 is 1.29 bits per heavy atom. The van der Waals surface area contributed by atoms with E-state index in [1.165, 1.54) is 31.0 Å². The molecule has 0 atom stereocenters. The molecule has 0 fully saturated rings. The highest BCUT2D eigenvalue weighted by molar-refractivity contribution is 7.92. The number of carboxylic acid groups (broad SMARTS) is 1. The van der Waals surface area contributed by atoms with Crippen LogP contribution in [-0.2, 0) is 14.8 Å². The molecule has 1 rings (SSSR count). The van der Waals surface area contributed by atoms with Gasteiger partial charge in [0, 0.05) is 13.6 Å². The number of carbonyl (C=O) groups is 2. The molecule has 0 saturated carbocycles. The van der Waals surface area contributed by atoms with Gasteiger partial charge in [0.2, 0.25) is 10.0 Å². The molecular formula is C13H18N2O5S. The van der Waals surface area contributed by atoms with Crippen molar-refractivity contribution in [1.29, 1.82) is 0 Å². The number of anilines is 1. The number of carbonyl (C=O) groups excluding carboxylic acids is 1. The molecule has 1 amide bonds. The van der Waals surface area contributed by atoms with Gasteiger partial charge in [0.1, 0.15) is 0 Å². The molecular weight excluding hydrogens is 296 g/mol. The molecule has 0 aliphatic heterocycles. The number of nitrogens with zero attached hydrogens (tertiary/aromatic N) is 1. The Labute approximate surface area is 123 Å². The lowest BCUT2D eigenvalue weighted by Gasteiger charge is -2.18. The van der Waals surface area contributed by atoms with Crippen LogP contribution in [-0.4, -0.2) is 49.6 Å². The van der Waals surface area contributed by atoms with Crippen molar-refractivity contribution in [3.05, 3.63) is 29.8 Å². The second-order valence-electron chi connectivity index (χ2n) is 4.42. The molecule has 1 aromatic rings. The van der Waals surface area contributed by atoms with Crippen LogP contribution < -0.4 is 4.72 Å². The Balaban J connectivity index is 2.97. The number of aliphatic carboxylic acids is 1. The zero-order valence-corrected chi connectivity index (χ0v) is 12.7. The van der Waals surface area contributed by atoms with Crippen molar-refractivity contribution in [2.45, 2.75) is 13.3 Å². The second kappa shape index (κ2) is 7.07. The molecule has 0 bridgehead atoms. The highest BCUT2D eigenvalue weighted by Crippen LogP contribution is 2.18. The molecule has 0 aromatic heterocycles. The Morgan fingerprint density at radius 2 is 1.90 bits per heavy atom. The molecule has 116 valence electrons. The number of amides is 1. The maximum Gasteiger partial charge on any atom is 0.305 e. The first-order valence-electron chi connectivity index (χ1n) is 6.33. The summed E-state index contributed by atoms with van der Waals surface area (Å²) in [6.07, 6.45) is -0.176. The van der Waals surface area contributed by atoms with E-state index in [9.17, 15) is 18.0 Å². The summed E-state index contributed by atoms with van der Waals surface area (Å²) in [5.74, 6) is -1.55. The minimum Gasteiger partial charge on any atom is -0.481 e. The molecule has 0 aliphatic carbocycles. The van der Waals surface area contributed by atoms with E-state index in [0.29, 0.717) is 0 Å². The van der Waals surface area contributed by atoms with Crippen LogP contribution in [0.3, 0.4) is 0 Å². The van der Waals surface area contributed by atoms with Crippen LogP contribution in [0.1, 0.15) is 23.7 Å². The van der Waals surface area contributed by atoms with Gasteiger partial charge in [0.15, 0.2) is 0 Å². The average Bonchev–Trinajstić information content (AvgIpc) is 2.44. The minimum absolute atomic E-state index is 0.0447. The number of hydrogen-bond acceptors (Lipinski definition) is 4. The van der Waals surface area contributed by atoms with E-state index in [1.54, 1.807) is 12.1 Å². The monoisotopic (exact) mass is 314 g/mol. The molecule has 0 heterocycles. The van der Waals surface area contributed by atoms with E-state index < -0.39 is 21.9 Å². The van der Waals surface area contributed by atoms with E-state index in [0.717, 1.165) is 0 Å². The molecule has 7 nitrogen and oxygen atoms in total. The fraction of sp³-hybridized carbons (Fsp3) is 0.385. The predicted octanol–water partition coefficient (Wildman–Crippen LogP) is 0.995. The van der Waals surface area contributed by atoms with Crippen molar-refractivity contribution in [3.8, 4) is 0 Å². The maximum absolute atomic E-state index is 12.3. The van der Waals surface area contributed by atoms with Crippen molar-refractivity contribution in [2.24, 2.45) is 0 Å². The third-order valence-corrected chi connectivity index (χ3v) is 4.10. The average molecular weight is 314 g/mol. The SMILES string of the molecule is CCS(=O)(=O)Nc1ccccc1C(=O)N(C)CCC(=O)O. The molecule has 0 unspecified atom stereocenters. The quantitative estimate of drug-likeness (QED) is 0.781. The summed E-state index contributed by atoms with van der Waals surface area (Å²) >= 11 is 0. The molecule has 1 aromatic carbocycles. The van der Waals surface area contributed by atoms with Gasteiger partial charge >= 0.3 is 5.97 Å². The highest BCUT2D eigenvalue weighted by atomic mass is 32.2. The number of benzene rings is 1. The Hall–Kier alpha value is -2.09. The van der Waals surface area contributed by atoms with Gasteiger partial charge in [-0.05, 0) is 19.1 Å². The summed E-state index contributed by atoms with van der Waals surface area (Å²) in [5.41, 5.74) is 0.369. The summed E-state index contributed by atoms with van der Waals surface area (Å²) in [7, 11) is -2.03. The first-order valence-corrected chi connectivity index (χ1v) is 7.99. The standard InChI is InChI=1S/C13H18N2O5S/c1-3-21(19,20)14-11-7-5-4-6-10(11)13(18)15(2)9-8-12(16)17/h4-7,14H,3,8-9H2,1-2H3,(H,16,17). The van der Waals surface area contributed by atoms with Crippen LogP contribution in [0, 0.1) is 0 Å². The normalized spacial score (nSPS) is 11.0. The van der Waals surface area contributed by atoms with Crippen molar-refractivity contribution in [1.82, 2.24) is 4.90 Å². The van der Waals surface area contributed by atoms with Gasteiger partial charge in [0.25, 0.3) is 5.91 Å². The largest absolute Gasteiger partial charge is 0.481 e. The smallest absolute Gasteiger partial charge is 0.305 e. The number of nitrogens with one attached hydrogen (secondary N) is 1. The third kappa shape index (κ3) is 5.07. The maximum atomic E-state index is 12.3. The van der Waals surface area contributed by atoms with Crippen LogP contribution >= 0.6 is 0 Å². The highest BCUT2D eigenvalue weighted by Gasteiger charge is 2.18. The van der Waals surface area contributed by atoms with Crippen molar-refractivity contribution >= 4 is 27.6 Å². The van der Waals surface area contributed by atoms with E-state index in [-0.39, 0.29) is 30.0 Å². The number of rotatable bonds is 7. The van der Waals surface area contributed by atoms with E-state index in [4.69, 9.17) is 5.11 Å². The fourth-order valence-corrected chi connectivity index (χ4v) is 2.23. The topological polar surface area (TPSA) is 104 Å². The van der Waals surface area contributed by atoms with Crippen molar-refractivity contribution in [2.75, 3.05) is 24.1 Å². The first kappa shape index (κ1) is 17.0. The number of hydrogen-bond donors (Lipinski definition) is 2. The molecule has 0 radical (unpaired) electrons. The Bertz CT molecular complexity index is 627. The third-order valence-electron chi connectivity index (χ3n) is 2.81. The number of carboxylic acids is 1. The molecule has 2 N–H and O–H groups in total. The second-order valence-corrected chi connectivity index (χ2v) is 6.43. The van der Waals surface area contributed by atoms with Gasteiger partial charge < -0.3 is 10.0 Å². The van der Waals surface area contributed by atoms with E-state index in [1.807, 2.05) is 0 Å². The van der Waals surface area contributed by atoms with Crippen LogP contribution in [0.15, 0.2) is 24.3 Å². The van der Waals surface area contributed by atoms with Crippen LogP contribution in [0.5, 0.6) is 0 Å². The van der Waals surface area contributed by atoms with Gasteiger partial charge in [-0.1, -0.05) is 12.1 Å². The van der Waals surface area contributed by atoms with Gasteiger partial charge in [0.05, 0.1) is 23.4 Å². The van der Waals surface area contributed by atoms with Gasteiger partial charge in [-0.3, -0.25) is 14.3 Å². The van der Waals surface area contributed by atoms with E-state index in [2.05, 4.69) is 4.72 Å².